The number of nitrogens with one attached hydrogen (secondary N) is 1. The van der Waals surface area contributed by atoms with Gasteiger partial charge in [-0.3, -0.25) is 0 Å². The molecule has 1 aromatic carbocycles. The standard InChI is InChI=1S/C23H34ClNO2/c1-15(2)27-20-18(24)6-16(7-19(20)26-5)11-25-23-10-17-8-21(3,13-23)12-22(4,9-17)14-23/h6-7,15,17,25H,8-14H2,1-5H3/t17?,21-,22+,23?. The maximum absolute atomic E-state index is 6.52. The van der Waals surface area contributed by atoms with E-state index in [9.17, 15) is 0 Å². The Kier molecular flexibility index (Phi) is 4.71. The van der Waals surface area contributed by atoms with Gasteiger partial charge in [-0.05, 0) is 86.8 Å². The number of benzene rings is 1. The molecule has 27 heavy (non-hydrogen) atoms. The summed E-state index contributed by atoms with van der Waals surface area (Å²) in [6, 6.07) is 4.10. The Morgan fingerprint density at radius 1 is 1.11 bits per heavy atom. The fourth-order valence-corrected chi connectivity index (χ4v) is 7.44. The van der Waals surface area contributed by atoms with Crippen molar-refractivity contribution in [3.8, 4) is 11.5 Å². The Balaban J connectivity index is 1.53. The lowest BCUT2D eigenvalue weighted by Gasteiger charge is -2.65. The quantitative estimate of drug-likeness (QED) is 0.647. The molecule has 0 aromatic heterocycles. The van der Waals surface area contributed by atoms with Gasteiger partial charge >= 0.3 is 0 Å². The Morgan fingerprint density at radius 2 is 1.78 bits per heavy atom. The number of rotatable bonds is 6. The van der Waals surface area contributed by atoms with E-state index in [2.05, 4.69) is 25.2 Å². The maximum atomic E-state index is 6.52. The second kappa shape index (κ2) is 6.56. The zero-order chi connectivity index (χ0) is 19.4. The highest BCUT2D eigenvalue weighted by atomic mass is 35.5. The van der Waals surface area contributed by atoms with Gasteiger partial charge in [-0.15, -0.1) is 0 Å². The van der Waals surface area contributed by atoms with E-state index < -0.39 is 0 Å². The van der Waals surface area contributed by atoms with Crippen molar-refractivity contribution in [2.24, 2.45) is 16.7 Å². The van der Waals surface area contributed by atoms with Crippen LogP contribution >= 0.6 is 11.6 Å². The van der Waals surface area contributed by atoms with Crippen molar-refractivity contribution >= 4 is 11.6 Å². The summed E-state index contributed by atoms with van der Waals surface area (Å²) in [7, 11) is 1.68. The molecule has 4 heteroatoms. The summed E-state index contributed by atoms with van der Waals surface area (Å²) in [5.41, 5.74) is 2.49. The van der Waals surface area contributed by atoms with Crippen LogP contribution in [0.1, 0.15) is 71.8 Å². The van der Waals surface area contributed by atoms with E-state index in [4.69, 9.17) is 21.1 Å². The number of ether oxygens (including phenoxy) is 2. The minimum atomic E-state index is 0.0638. The lowest BCUT2D eigenvalue weighted by Crippen LogP contribution is -2.63. The average molecular weight is 392 g/mol. The van der Waals surface area contributed by atoms with Gasteiger partial charge in [0.25, 0.3) is 0 Å². The molecule has 1 aromatic rings. The van der Waals surface area contributed by atoms with Crippen molar-refractivity contribution in [1.82, 2.24) is 5.32 Å². The van der Waals surface area contributed by atoms with Crippen molar-refractivity contribution in [3.63, 3.8) is 0 Å². The molecular formula is C23H34ClNO2. The van der Waals surface area contributed by atoms with E-state index in [0.29, 0.717) is 21.6 Å². The van der Waals surface area contributed by atoms with Crippen LogP contribution in [-0.4, -0.2) is 18.8 Å². The monoisotopic (exact) mass is 391 g/mol. The third-order valence-electron chi connectivity index (χ3n) is 6.94. The molecule has 4 bridgehead atoms. The predicted octanol–water partition coefficient (Wildman–Crippen LogP) is 5.97. The van der Waals surface area contributed by atoms with E-state index in [1.54, 1.807) is 7.11 Å². The molecule has 4 atom stereocenters. The van der Waals surface area contributed by atoms with Crippen LogP contribution in [0, 0.1) is 16.7 Å². The van der Waals surface area contributed by atoms with Crippen LogP contribution < -0.4 is 14.8 Å². The average Bonchev–Trinajstić information content (AvgIpc) is 2.51. The largest absolute Gasteiger partial charge is 0.493 e. The van der Waals surface area contributed by atoms with Gasteiger partial charge in [0.1, 0.15) is 0 Å². The minimum absolute atomic E-state index is 0.0638. The van der Waals surface area contributed by atoms with Crippen LogP contribution in [-0.2, 0) is 6.54 Å². The van der Waals surface area contributed by atoms with Gasteiger partial charge < -0.3 is 14.8 Å². The minimum Gasteiger partial charge on any atom is -0.493 e. The number of methoxy groups -OCH3 is 1. The molecule has 0 radical (unpaired) electrons. The lowest BCUT2D eigenvalue weighted by molar-refractivity contribution is -0.118. The highest BCUT2D eigenvalue weighted by Crippen LogP contribution is 2.66. The Labute approximate surface area is 169 Å². The van der Waals surface area contributed by atoms with E-state index in [1.165, 1.54) is 44.1 Å². The zero-order valence-electron chi connectivity index (χ0n) is 17.5. The molecule has 150 valence electrons. The topological polar surface area (TPSA) is 30.5 Å². The summed E-state index contributed by atoms with van der Waals surface area (Å²) >= 11 is 6.52. The van der Waals surface area contributed by atoms with Crippen LogP contribution in [0.2, 0.25) is 5.02 Å². The van der Waals surface area contributed by atoms with Crippen LogP contribution in [0.4, 0.5) is 0 Å². The second-order valence-corrected chi connectivity index (χ2v) is 10.9. The van der Waals surface area contributed by atoms with E-state index >= 15 is 0 Å². The fourth-order valence-electron chi connectivity index (χ4n) is 7.16. The molecular weight excluding hydrogens is 358 g/mol. The van der Waals surface area contributed by atoms with Gasteiger partial charge in [0.2, 0.25) is 0 Å². The van der Waals surface area contributed by atoms with Crippen molar-refractivity contribution in [3.05, 3.63) is 22.7 Å². The molecule has 0 amide bonds. The van der Waals surface area contributed by atoms with Crippen molar-refractivity contribution in [1.29, 1.82) is 0 Å². The summed E-state index contributed by atoms with van der Waals surface area (Å²) in [4.78, 5) is 0. The third-order valence-corrected chi connectivity index (χ3v) is 7.22. The molecule has 4 aliphatic carbocycles. The van der Waals surface area contributed by atoms with E-state index in [-0.39, 0.29) is 11.6 Å². The van der Waals surface area contributed by atoms with Crippen molar-refractivity contribution in [2.45, 2.75) is 84.4 Å². The Bertz CT molecular complexity index is 713. The maximum Gasteiger partial charge on any atom is 0.180 e. The first kappa shape index (κ1) is 19.4. The SMILES string of the molecule is COc1cc(CNC23CC4C[C@@](C)(C2)C[C@](C)(C4)C3)cc(Cl)c1OC(C)C. The van der Waals surface area contributed by atoms with Crippen LogP contribution in [0.25, 0.3) is 0 Å². The van der Waals surface area contributed by atoms with Crippen LogP contribution in [0.15, 0.2) is 12.1 Å². The molecule has 0 spiro atoms. The molecule has 4 aliphatic rings. The molecule has 0 saturated heterocycles. The normalized spacial score (nSPS) is 37.1. The molecule has 4 fully saturated rings. The smallest absolute Gasteiger partial charge is 0.180 e. The Hall–Kier alpha value is -0.930. The van der Waals surface area contributed by atoms with Gasteiger partial charge in [0.05, 0.1) is 18.2 Å². The highest BCUT2D eigenvalue weighted by molar-refractivity contribution is 6.32. The first-order valence-corrected chi connectivity index (χ1v) is 10.8. The summed E-state index contributed by atoms with van der Waals surface area (Å²) in [5, 5.41) is 4.61. The molecule has 5 rings (SSSR count). The number of hydrogen-bond donors (Lipinski definition) is 1. The molecule has 3 nitrogen and oxygen atoms in total. The summed E-state index contributed by atoms with van der Waals surface area (Å²) in [6.45, 7) is 9.87. The second-order valence-electron chi connectivity index (χ2n) is 10.5. The van der Waals surface area contributed by atoms with Gasteiger partial charge in [-0.2, -0.15) is 0 Å². The van der Waals surface area contributed by atoms with Gasteiger partial charge in [-0.25, -0.2) is 0 Å². The number of hydrogen-bond acceptors (Lipinski definition) is 3. The molecule has 2 unspecified atom stereocenters. The molecule has 0 heterocycles. The molecule has 4 saturated carbocycles. The fraction of sp³-hybridized carbons (Fsp3) is 0.739. The predicted molar refractivity (Wildman–Crippen MR) is 111 cm³/mol. The summed E-state index contributed by atoms with van der Waals surface area (Å²) < 4.78 is 11.4. The van der Waals surface area contributed by atoms with Crippen molar-refractivity contribution in [2.75, 3.05) is 7.11 Å². The van der Waals surface area contributed by atoms with E-state index in [0.717, 1.165) is 18.2 Å². The first-order valence-electron chi connectivity index (χ1n) is 10.4. The van der Waals surface area contributed by atoms with E-state index in [1.807, 2.05) is 19.9 Å². The summed E-state index contributed by atoms with van der Waals surface area (Å²) in [6.07, 6.45) is 8.27. The van der Waals surface area contributed by atoms with Gasteiger partial charge in [-0.1, -0.05) is 25.4 Å². The van der Waals surface area contributed by atoms with Crippen LogP contribution in [0.5, 0.6) is 11.5 Å². The first-order chi connectivity index (χ1) is 12.6. The van der Waals surface area contributed by atoms with Crippen molar-refractivity contribution < 1.29 is 9.47 Å². The summed E-state index contributed by atoms with van der Waals surface area (Å²) in [5.74, 6) is 2.26. The van der Waals surface area contributed by atoms with Crippen LogP contribution in [0.3, 0.4) is 0 Å². The molecule has 0 aliphatic heterocycles. The van der Waals surface area contributed by atoms with Gasteiger partial charge in [0, 0.05) is 12.1 Å². The number of halogens is 1. The zero-order valence-corrected chi connectivity index (χ0v) is 18.2. The highest BCUT2D eigenvalue weighted by Gasteiger charge is 2.59. The lowest BCUT2D eigenvalue weighted by atomic mass is 9.43. The Morgan fingerprint density at radius 3 is 2.33 bits per heavy atom. The third kappa shape index (κ3) is 3.70. The molecule has 1 N–H and O–H groups in total. The van der Waals surface area contributed by atoms with Gasteiger partial charge in [0.15, 0.2) is 11.5 Å².